The Kier molecular flexibility index (Phi) is 6.07. The van der Waals surface area contributed by atoms with Crippen molar-refractivity contribution in [2.24, 2.45) is 0 Å². The zero-order valence-corrected chi connectivity index (χ0v) is 21.8. The first-order valence-corrected chi connectivity index (χ1v) is 13.8. The van der Waals surface area contributed by atoms with Crippen LogP contribution in [0.1, 0.15) is 44.3 Å². The van der Waals surface area contributed by atoms with E-state index in [9.17, 15) is 0 Å². The van der Waals surface area contributed by atoms with E-state index in [4.69, 9.17) is 24.5 Å². The second-order valence-electron chi connectivity index (χ2n) is 10.1. The van der Waals surface area contributed by atoms with Gasteiger partial charge >= 0.3 is 6.01 Å². The lowest BCUT2D eigenvalue weighted by Gasteiger charge is -2.36. The van der Waals surface area contributed by atoms with Crippen LogP contribution >= 0.6 is 0 Å². The Balaban J connectivity index is 1.33. The number of nitrogens with zero attached hydrogens (tertiary/aromatic N) is 9. The highest BCUT2D eigenvalue weighted by atomic mass is 16.5. The van der Waals surface area contributed by atoms with Crippen molar-refractivity contribution < 1.29 is 9.47 Å². The van der Waals surface area contributed by atoms with Gasteiger partial charge in [-0.2, -0.15) is 19.6 Å². The molecule has 11 nitrogen and oxygen atoms in total. The average molecular weight is 516 g/mol. The monoisotopic (exact) mass is 515 g/mol. The van der Waals surface area contributed by atoms with Gasteiger partial charge in [-0.25, -0.2) is 9.97 Å². The third-order valence-corrected chi connectivity index (χ3v) is 7.75. The zero-order chi connectivity index (χ0) is 25.5. The second-order valence-corrected chi connectivity index (χ2v) is 10.1. The highest BCUT2D eigenvalue weighted by molar-refractivity contribution is 5.87. The Morgan fingerprint density at radius 1 is 0.974 bits per heavy atom. The molecule has 4 aromatic heterocycles. The smallest absolute Gasteiger partial charge is 0.320 e. The standard InChI is InChI=1S/C27H33N9O2/c1-2-38-27-30-25-19(7-5-9-28-25)26(31-27)35-12-4-3-8-21(35)20-17-23-29-22(33-10-6-11-33)18-24(36(23)32-20)34-13-15-37-16-14-34/h5,7,9,17-18,21H,2-4,6,8,10-16H2,1H3. The van der Waals surface area contributed by atoms with Crippen LogP contribution in [-0.2, 0) is 4.74 Å². The number of hydrogen-bond donors (Lipinski definition) is 0. The number of hydrogen-bond acceptors (Lipinski definition) is 10. The van der Waals surface area contributed by atoms with Gasteiger partial charge in [0.2, 0.25) is 0 Å². The van der Waals surface area contributed by atoms with Crippen molar-refractivity contribution in [3.63, 3.8) is 0 Å². The molecule has 3 saturated heterocycles. The van der Waals surface area contributed by atoms with Gasteiger partial charge in [0.1, 0.15) is 17.5 Å². The predicted molar refractivity (Wildman–Crippen MR) is 145 cm³/mol. The maximum atomic E-state index is 5.73. The van der Waals surface area contributed by atoms with Gasteiger partial charge in [-0.1, -0.05) is 0 Å². The molecule has 0 aliphatic carbocycles. The van der Waals surface area contributed by atoms with Crippen LogP contribution in [0.5, 0.6) is 6.01 Å². The molecule has 7 rings (SSSR count). The van der Waals surface area contributed by atoms with E-state index < -0.39 is 0 Å². The van der Waals surface area contributed by atoms with Crippen LogP contribution in [-0.4, -0.2) is 82.1 Å². The van der Waals surface area contributed by atoms with Crippen LogP contribution in [0.15, 0.2) is 30.5 Å². The summed E-state index contributed by atoms with van der Waals surface area (Å²) in [4.78, 5) is 26.0. The van der Waals surface area contributed by atoms with Crippen molar-refractivity contribution in [3.8, 4) is 6.01 Å². The summed E-state index contributed by atoms with van der Waals surface area (Å²) < 4.78 is 13.4. The fourth-order valence-corrected chi connectivity index (χ4v) is 5.68. The summed E-state index contributed by atoms with van der Waals surface area (Å²) in [5.41, 5.74) is 2.55. The Labute approximate surface area is 221 Å². The lowest BCUT2D eigenvalue weighted by molar-refractivity contribution is 0.122. The molecule has 4 aromatic rings. The van der Waals surface area contributed by atoms with Crippen molar-refractivity contribution in [2.75, 3.05) is 67.2 Å². The first-order chi connectivity index (χ1) is 18.8. The number of ether oxygens (including phenoxy) is 2. The van der Waals surface area contributed by atoms with Crippen molar-refractivity contribution >= 4 is 34.1 Å². The van der Waals surface area contributed by atoms with Gasteiger partial charge in [0.15, 0.2) is 11.3 Å². The van der Waals surface area contributed by atoms with Crippen LogP contribution in [0, 0.1) is 0 Å². The molecule has 1 unspecified atom stereocenters. The summed E-state index contributed by atoms with van der Waals surface area (Å²) in [5.74, 6) is 2.98. The molecule has 0 amide bonds. The fourth-order valence-electron chi connectivity index (χ4n) is 5.68. The molecule has 0 saturated carbocycles. The topological polar surface area (TPSA) is 97.0 Å². The van der Waals surface area contributed by atoms with Crippen LogP contribution in [0.25, 0.3) is 16.7 Å². The number of rotatable bonds is 6. The molecule has 38 heavy (non-hydrogen) atoms. The number of anilines is 3. The average Bonchev–Trinajstić information content (AvgIpc) is 3.36. The molecule has 3 aliphatic rings. The van der Waals surface area contributed by atoms with Gasteiger partial charge < -0.3 is 24.2 Å². The highest BCUT2D eigenvalue weighted by Gasteiger charge is 2.31. The van der Waals surface area contributed by atoms with Crippen LogP contribution in [0.4, 0.5) is 17.5 Å². The van der Waals surface area contributed by atoms with E-state index >= 15 is 0 Å². The molecule has 1 atom stereocenters. The molecule has 0 spiro atoms. The molecule has 11 heteroatoms. The minimum Gasteiger partial charge on any atom is -0.464 e. The summed E-state index contributed by atoms with van der Waals surface area (Å²) in [5, 5.41) is 6.12. The van der Waals surface area contributed by atoms with Crippen LogP contribution in [0.3, 0.4) is 0 Å². The predicted octanol–water partition coefficient (Wildman–Crippen LogP) is 3.24. The molecule has 7 heterocycles. The number of pyridine rings is 1. The second kappa shape index (κ2) is 9.86. The maximum absolute atomic E-state index is 5.73. The van der Waals surface area contributed by atoms with Gasteiger partial charge in [0.05, 0.1) is 36.9 Å². The van der Waals surface area contributed by atoms with Crippen molar-refractivity contribution in [1.82, 2.24) is 29.5 Å². The maximum Gasteiger partial charge on any atom is 0.320 e. The number of aromatic nitrogens is 6. The fraction of sp³-hybridized carbons (Fsp3) is 0.519. The van der Waals surface area contributed by atoms with Gasteiger partial charge in [-0.15, -0.1) is 0 Å². The van der Waals surface area contributed by atoms with E-state index in [1.54, 1.807) is 6.20 Å². The summed E-state index contributed by atoms with van der Waals surface area (Å²) >= 11 is 0. The quantitative estimate of drug-likeness (QED) is 0.381. The van der Waals surface area contributed by atoms with E-state index in [1.165, 1.54) is 6.42 Å². The summed E-state index contributed by atoms with van der Waals surface area (Å²) in [6.45, 7) is 8.60. The minimum absolute atomic E-state index is 0.0724. The summed E-state index contributed by atoms with van der Waals surface area (Å²) in [6, 6.07) is 8.79. The van der Waals surface area contributed by atoms with E-state index in [0.717, 1.165) is 99.4 Å². The van der Waals surface area contributed by atoms with Crippen LogP contribution < -0.4 is 19.4 Å². The largest absolute Gasteiger partial charge is 0.464 e. The normalized spacial score (nSPS) is 20.2. The third kappa shape index (κ3) is 4.14. The molecule has 198 valence electrons. The van der Waals surface area contributed by atoms with E-state index in [0.29, 0.717) is 18.3 Å². The summed E-state index contributed by atoms with van der Waals surface area (Å²) in [7, 11) is 0. The third-order valence-electron chi connectivity index (χ3n) is 7.75. The molecule has 3 aliphatic heterocycles. The Hall–Kier alpha value is -3.73. The molecule has 0 bridgehead atoms. The van der Waals surface area contributed by atoms with E-state index in [-0.39, 0.29) is 6.04 Å². The number of morpholine rings is 1. The molecule has 0 N–H and O–H groups in total. The number of fused-ring (bicyclic) bond motifs is 2. The van der Waals surface area contributed by atoms with E-state index in [2.05, 4.69) is 36.8 Å². The van der Waals surface area contributed by atoms with Gasteiger partial charge in [0.25, 0.3) is 0 Å². The lowest BCUT2D eigenvalue weighted by atomic mass is 9.99. The van der Waals surface area contributed by atoms with Gasteiger partial charge in [-0.3, -0.25) is 0 Å². The first kappa shape index (κ1) is 23.4. The summed E-state index contributed by atoms with van der Waals surface area (Å²) in [6.07, 6.45) is 6.20. The molecule has 3 fully saturated rings. The zero-order valence-electron chi connectivity index (χ0n) is 21.8. The minimum atomic E-state index is 0.0724. The highest BCUT2D eigenvalue weighted by Crippen LogP contribution is 2.38. The Bertz CT molecular complexity index is 1450. The van der Waals surface area contributed by atoms with Crippen molar-refractivity contribution in [2.45, 2.75) is 38.6 Å². The molecule has 0 aromatic carbocycles. The Morgan fingerprint density at radius 3 is 2.68 bits per heavy atom. The molecular formula is C27H33N9O2. The SMILES string of the molecule is CCOc1nc(N2CCCCC2c2cc3nc(N4CCC4)cc(N4CCOCC4)n3n2)c2cccnc2n1. The molecular weight excluding hydrogens is 482 g/mol. The lowest BCUT2D eigenvalue weighted by Crippen LogP contribution is -2.40. The Morgan fingerprint density at radius 2 is 1.87 bits per heavy atom. The van der Waals surface area contributed by atoms with Crippen molar-refractivity contribution in [1.29, 1.82) is 0 Å². The van der Waals surface area contributed by atoms with Gasteiger partial charge in [0, 0.05) is 51.1 Å². The van der Waals surface area contributed by atoms with Gasteiger partial charge in [-0.05, 0) is 44.7 Å². The number of piperidine rings is 1. The molecule has 0 radical (unpaired) electrons. The van der Waals surface area contributed by atoms with Crippen LogP contribution in [0.2, 0.25) is 0 Å². The van der Waals surface area contributed by atoms with E-state index in [1.807, 2.05) is 23.6 Å². The first-order valence-electron chi connectivity index (χ1n) is 13.8. The van der Waals surface area contributed by atoms with Crippen molar-refractivity contribution in [3.05, 3.63) is 36.2 Å².